The molecule has 28 heavy (non-hydrogen) atoms. The first-order valence-corrected chi connectivity index (χ1v) is 10.9. The fourth-order valence-corrected chi connectivity index (χ4v) is 4.30. The average molecular weight is 430 g/mol. The lowest BCUT2D eigenvalue weighted by molar-refractivity contribution is -0.129. The molecule has 0 aliphatic heterocycles. The number of carbonyl (C=O) groups excluding carboxylic acids is 1. The second-order valence-electron chi connectivity index (χ2n) is 6.45. The van der Waals surface area contributed by atoms with Gasteiger partial charge in [0, 0.05) is 28.9 Å². The van der Waals surface area contributed by atoms with E-state index in [1.807, 2.05) is 77.7 Å². The van der Waals surface area contributed by atoms with Gasteiger partial charge in [0.2, 0.25) is 5.91 Å². The van der Waals surface area contributed by atoms with Gasteiger partial charge in [0.05, 0.1) is 5.75 Å². The van der Waals surface area contributed by atoms with Crippen LogP contribution in [0.3, 0.4) is 0 Å². The van der Waals surface area contributed by atoms with Crippen molar-refractivity contribution in [3.05, 3.63) is 106 Å². The monoisotopic (exact) mass is 429 g/mol. The third-order valence-corrected chi connectivity index (χ3v) is 5.84. The van der Waals surface area contributed by atoms with E-state index >= 15 is 0 Å². The Morgan fingerprint density at radius 3 is 1.93 bits per heavy atom. The van der Waals surface area contributed by atoms with Crippen LogP contribution in [0.15, 0.2) is 78.9 Å². The van der Waals surface area contributed by atoms with Crippen molar-refractivity contribution in [2.24, 2.45) is 0 Å². The van der Waals surface area contributed by atoms with Crippen molar-refractivity contribution < 1.29 is 4.79 Å². The van der Waals surface area contributed by atoms with E-state index < -0.39 is 0 Å². The zero-order chi connectivity index (χ0) is 19.8. The first kappa shape index (κ1) is 20.8. The number of carbonyl (C=O) groups is 1. The highest BCUT2D eigenvalue weighted by molar-refractivity contribution is 7.99. The summed E-state index contributed by atoms with van der Waals surface area (Å²) in [5, 5.41) is 1.25. The van der Waals surface area contributed by atoms with Crippen molar-refractivity contribution in [1.29, 1.82) is 0 Å². The first-order chi connectivity index (χ1) is 13.6. The van der Waals surface area contributed by atoms with E-state index in [-0.39, 0.29) is 5.91 Å². The van der Waals surface area contributed by atoms with Crippen LogP contribution in [0.4, 0.5) is 0 Å². The predicted octanol–water partition coefficient (Wildman–Crippen LogP) is 6.46. The van der Waals surface area contributed by atoms with E-state index in [0.717, 1.165) is 16.7 Å². The van der Waals surface area contributed by atoms with Gasteiger partial charge in [-0.15, -0.1) is 11.8 Å². The van der Waals surface area contributed by atoms with Crippen LogP contribution < -0.4 is 0 Å². The van der Waals surface area contributed by atoms with Crippen molar-refractivity contribution in [2.45, 2.75) is 18.8 Å². The molecule has 0 fully saturated rings. The second kappa shape index (κ2) is 10.6. The number of hydrogen-bond donors (Lipinski definition) is 0. The molecule has 3 aromatic carbocycles. The van der Waals surface area contributed by atoms with Crippen molar-refractivity contribution in [3.63, 3.8) is 0 Å². The Kier molecular flexibility index (Phi) is 7.84. The van der Waals surface area contributed by atoms with Crippen LogP contribution in [0.2, 0.25) is 10.0 Å². The molecule has 0 aromatic heterocycles. The molecule has 5 heteroatoms. The lowest BCUT2D eigenvalue weighted by Crippen LogP contribution is -2.31. The maximum Gasteiger partial charge on any atom is 0.233 e. The molecule has 0 aliphatic rings. The zero-order valence-corrected chi connectivity index (χ0v) is 17.7. The third-order valence-electron chi connectivity index (χ3n) is 4.28. The number of halogens is 2. The molecule has 0 saturated heterocycles. The van der Waals surface area contributed by atoms with Gasteiger partial charge in [-0.1, -0.05) is 89.9 Å². The first-order valence-electron chi connectivity index (χ1n) is 8.99. The Balaban J connectivity index is 1.63. The molecule has 0 N–H and O–H groups in total. The fourth-order valence-electron chi connectivity index (χ4n) is 2.82. The van der Waals surface area contributed by atoms with Gasteiger partial charge in [0.25, 0.3) is 0 Å². The molecule has 3 aromatic rings. The van der Waals surface area contributed by atoms with Crippen molar-refractivity contribution >= 4 is 40.9 Å². The highest BCUT2D eigenvalue weighted by atomic mass is 35.5. The molecule has 0 unspecified atom stereocenters. The smallest absolute Gasteiger partial charge is 0.233 e. The maximum absolute atomic E-state index is 12.9. The van der Waals surface area contributed by atoms with Gasteiger partial charge in [-0.3, -0.25) is 4.79 Å². The number of benzene rings is 3. The molecule has 2 nitrogen and oxygen atoms in total. The summed E-state index contributed by atoms with van der Waals surface area (Å²) < 4.78 is 0. The number of thioether (sulfide) groups is 1. The van der Waals surface area contributed by atoms with Crippen molar-refractivity contribution in [1.82, 2.24) is 4.90 Å². The van der Waals surface area contributed by atoms with Crippen LogP contribution in [0.25, 0.3) is 0 Å². The highest BCUT2D eigenvalue weighted by Gasteiger charge is 2.15. The standard InChI is InChI=1S/C23H21Cl2NOS/c24-21-12-11-20(22(25)13-21)16-28-17-23(27)26(14-18-7-3-1-4-8-18)15-19-9-5-2-6-10-19/h1-13H,14-17H2. The zero-order valence-electron chi connectivity index (χ0n) is 15.4. The summed E-state index contributed by atoms with van der Waals surface area (Å²) >= 11 is 13.7. The Hall–Kier alpha value is -1.94. The molecule has 0 spiro atoms. The Morgan fingerprint density at radius 2 is 1.39 bits per heavy atom. The van der Waals surface area contributed by atoms with E-state index in [4.69, 9.17) is 23.2 Å². The van der Waals surface area contributed by atoms with Gasteiger partial charge in [-0.2, -0.15) is 0 Å². The van der Waals surface area contributed by atoms with E-state index in [2.05, 4.69) is 0 Å². The number of nitrogens with zero attached hydrogens (tertiary/aromatic N) is 1. The number of rotatable bonds is 8. The van der Waals surface area contributed by atoms with E-state index in [1.54, 1.807) is 17.8 Å². The largest absolute Gasteiger partial charge is 0.333 e. The van der Waals surface area contributed by atoms with E-state index in [9.17, 15) is 4.79 Å². The van der Waals surface area contributed by atoms with Gasteiger partial charge >= 0.3 is 0 Å². The average Bonchev–Trinajstić information content (AvgIpc) is 2.70. The molecular formula is C23H21Cl2NOS. The Labute approximate surface area is 180 Å². The summed E-state index contributed by atoms with van der Waals surface area (Å²) in [6.07, 6.45) is 0. The molecule has 0 heterocycles. The molecule has 144 valence electrons. The molecule has 3 rings (SSSR count). The number of amides is 1. The van der Waals surface area contributed by atoms with Crippen LogP contribution >= 0.6 is 35.0 Å². The normalized spacial score (nSPS) is 10.6. The van der Waals surface area contributed by atoms with Crippen LogP contribution in [0.1, 0.15) is 16.7 Å². The quantitative estimate of drug-likeness (QED) is 0.409. The van der Waals surface area contributed by atoms with Gasteiger partial charge in [-0.25, -0.2) is 0 Å². The minimum absolute atomic E-state index is 0.114. The summed E-state index contributed by atoms with van der Waals surface area (Å²) in [6, 6.07) is 25.6. The molecule has 0 saturated carbocycles. The lowest BCUT2D eigenvalue weighted by atomic mass is 10.1. The van der Waals surface area contributed by atoms with Gasteiger partial charge in [0.1, 0.15) is 0 Å². The maximum atomic E-state index is 12.9. The van der Waals surface area contributed by atoms with E-state index in [1.165, 1.54) is 0 Å². The summed E-state index contributed by atoms with van der Waals surface area (Å²) in [7, 11) is 0. The molecule has 0 aliphatic carbocycles. The summed E-state index contributed by atoms with van der Waals surface area (Å²) in [6.45, 7) is 1.19. The molecular weight excluding hydrogens is 409 g/mol. The van der Waals surface area contributed by atoms with Crippen LogP contribution in [0, 0.1) is 0 Å². The minimum Gasteiger partial charge on any atom is -0.333 e. The summed E-state index contributed by atoms with van der Waals surface area (Å²) in [4.78, 5) is 14.8. The van der Waals surface area contributed by atoms with Crippen LogP contribution in [-0.2, 0) is 23.6 Å². The molecule has 0 radical (unpaired) electrons. The molecule has 0 atom stereocenters. The van der Waals surface area contributed by atoms with Gasteiger partial charge < -0.3 is 4.90 Å². The van der Waals surface area contributed by atoms with Crippen LogP contribution in [0.5, 0.6) is 0 Å². The van der Waals surface area contributed by atoms with Crippen molar-refractivity contribution in [3.8, 4) is 0 Å². The summed E-state index contributed by atoms with van der Waals surface area (Å²) in [5.74, 6) is 1.19. The molecule has 1 amide bonds. The minimum atomic E-state index is 0.114. The van der Waals surface area contributed by atoms with Gasteiger partial charge in [-0.05, 0) is 28.8 Å². The predicted molar refractivity (Wildman–Crippen MR) is 120 cm³/mol. The van der Waals surface area contributed by atoms with Crippen LogP contribution in [-0.4, -0.2) is 16.6 Å². The third kappa shape index (κ3) is 6.30. The lowest BCUT2D eigenvalue weighted by Gasteiger charge is -2.23. The SMILES string of the molecule is O=C(CSCc1ccc(Cl)cc1Cl)N(Cc1ccccc1)Cc1ccccc1. The topological polar surface area (TPSA) is 20.3 Å². The Morgan fingerprint density at radius 1 is 0.821 bits per heavy atom. The Bertz CT molecular complexity index is 861. The summed E-state index contributed by atoms with van der Waals surface area (Å²) in [5.41, 5.74) is 3.23. The fraction of sp³-hybridized carbons (Fsp3) is 0.174. The van der Waals surface area contributed by atoms with E-state index in [0.29, 0.717) is 34.6 Å². The number of hydrogen-bond acceptors (Lipinski definition) is 2. The second-order valence-corrected chi connectivity index (χ2v) is 8.28. The highest BCUT2D eigenvalue weighted by Crippen LogP contribution is 2.25. The van der Waals surface area contributed by atoms with Gasteiger partial charge in [0.15, 0.2) is 0 Å². The van der Waals surface area contributed by atoms with Crippen molar-refractivity contribution in [2.75, 3.05) is 5.75 Å². The molecule has 0 bridgehead atoms.